The molecule has 0 spiro atoms. The Hall–Kier alpha value is -2.56. The number of thioether (sulfide) groups is 1. The first-order valence-corrected chi connectivity index (χ1v) is 12.3. The van der Waals surface area contributed by atoms with E-state index in [0.717, 1.165) is 40.3 Å². The summed E-state index contributed by atoms with van der Waals surface area (Å²) in [7, 11) is 0. The summed E-state index contributed by atoms with van der Waals surface area (Å²) >= 11 is 3.41. The molecule has 8 nitrogen and oxygen atoms in total. The van der Waals surface area contributed by atoms with E-state index in [2.05, 4.69) is 22.0 Å². The molecule has 2 heterocycles. The van der Waals surface area contributed by atoms with Crippen LogP contribution in [0.25, 0.3) is 10.4 Å². The largest absolute Gasteiger partial charge is 0.338 e. The van der Waals surface area contributed by atoms with E-state index in [1.54, 1.807) is 41.6 Å². The normalized spacial score (nSPS) is 17.9. The predicted molar refractivity (Wildman–Crippen MR) is 128 cm³/mol. The van der Waals surface area contributed by atoms with Gasteiger partial charge in [-0.15, -0.1) is 23.1 Å². The highest BCUT2D eigenvalue weighted by molar-refractivity contribution is 8.00. The van der Waals surface area contributed by atoms with Gasteiger partial charge in [-0.05, 0) is 55.3 Å². The highest BCUT2D eigenvalue weighted by atomic mass is 32.2. The van der Waals surface area contributed by atoms with Gasteiger partial charge >= 0.3 is 6.03 Å². The lowest BCUT2D eigenvalue weighted by molar-refractivity contribution is -0.129. The molecule has 172 valence electrons. The lowest BCUT2D eigenvalue weighted by Crippen LogP contribution is -2.39. The van der Waals surface area contributed by atoms with Gasteiger partial charge in [-0.3, -0.25) is 14.8 Å². The van der Waals surface area contributed by atoms with Gasteiger partial charge in [-0.2, -0.15) is 0 Å². The highest BCUT2D eigenvalue weighted by Crippen LogP contribution is 2.50. The van der Waals surface area contributed by atoms with Crippen LogP contribution < -0.4 is 21.4 Å². The van der Waals surface area contributed by atoms with Crippen molar-refractivity contribution in [2.75, 3.05) is 24.2 Å². The molecule has 3 rings (SSSR count). The molecule has 1 aromatic heterocycles. The first-order chi connectivity index (χ1) is 15.5. The Kier molecular flexibility index (Phi) is 8.54. The molecule has 32 heavy (non-hydrogen) atoms. The van der Waals surface area contributed by atoms with Gasteiger partial charge in [0.15, 0.2) is 0 Å². The topological polar surface area (TPSA) is 120 Å². The Morgan fingerprint density at radius 2 is 1.94 bits per heavy atom. The van der Waals surface area contributed by atoms with Crippen molar-refractivity contribution >= 4 is 46.6 Å². The molecular weight excluding hydrogens is 448 g/mol. The second-order valence-electron chi connectivity index (χ2n) is 7.52. The molecule has 0 saturated carbocycles. The summed E-state index contributed by atoms with van der Waals surface area (Å²) in [4.78, 5) is 37.7. The summed E-state index contributed by atoms with van der Waals surface area (Å²) in [6, 6.07) is 11.2. The fourth-order valence-electron chi connectivity index (χ4n) is 3.65. The number of nitrogens with one attached hydrogen (secondary N) is 4. The number of hydrogen-bond donors (Lipinski definition) is 5. The number of rotatable bonds is 8. The fraction of sp³-hybridized carbons (Fsp3) is 0.409. The van der Waals surface area contributed by atoms with Crippen LogP contribution in [0, 0.1) is 0 Å². The number of hydrogen-bond acceptors (Lipinski definition) is 6. The second kappa shape index (κ2) is 11.3. The zero-order valence-corrected chi connectivity index (χ0v) is 19.5. The smallest absolute Gasteiger partial charge is 0.315 e. The van der Waals surface area contributed by atoms with Gasteiger partial charge in [0, 0.05) is 28.4 Å². The van der Waals surface area contributed by atoms with E-state index in [-0.39, 0.29) is 35.6 Å². The molecule has 1 aliphatic rings. The SMILES string of the molecule is CCNC(=O)NCC(=O)Nc1cccc(-c2ccc([C@@]3(CC(=O)NO)CCCCS3)s2)c1. The molecule has 1 atom stereocenters. The zero-order chi connectivity index (χ0) is 23.0. The molecule has 1 saturated heterocycles. The molecule has 1 aliphatic heterocycles. The fourth-order valence-corrected chi connectivity index (χ4v) is 6.54. The maximum Gasteiger partial charge on any atom is 0.315 e. The van der Waals surface area contributed by atoms with E-state index in [4.69, 9.17) is 5.21 Å². The third-order valence-electron chi connectivity index (χ3n) is 5.16. The Bertz CT molecular complexity index is 957. The van der Waals surface area contributed by atoms with Gasteiger partial charge in [-0.25, -0.2) is 10.3 Å². The maximum atomic E-state index is 12.1. The third-order valence-corrected chi connectivity index (χ3v) is 8.24. The minimum Gasteiger partial charge on any atom is -0.338 e. The minimum absolute atomic E-state index is 0.119. The summed E-state index contributed by atoms with van der Waals surface area (Å²) in [5.41, 5.74) is 3.37. The molecule has 5 N–H and O–H groups in total. The summed E-state index contributed by atoms with van der Waals surface area (Å²) < 4.78 is -0.329. The Morgan fingerprint density at radius 1 is 1.09 bits per heavy atom. The Morgan fingerprint density at radius 3 is 2.66 bits per heavy atom. The van der Waals surface area contributed by atoms with E-state index >= 15 is 0 Å². The molecule has 0 unspecified atom stereocenters. The molecular formula is C22H28N4O4S2. The standard InChI is InChI=1S/C22H28N4O4S2/c1-2-23-21(29)24-14-20(28)25-16-7-5-6-15(12-16)17-8-9-18(32-17)22(13-19(27)26-30)10-3-4-11-31-22/h5-9,12,30H,2-4,10-11,13-14H2,1H3,(H,25,28)(H,26,27)(H2,23,24,29)/t22-/m0/s1. The first-order valence-electron chi connectivity index (χ1n) is 10.5. The molecule has 4 amide bonds. The summed E-state index contributed by atoms with van der Waals surface area (Å²) in [6.07, 6.45) is 3.30. The van der Waals surface area contributed by atoms with Crippen LogP contribution in [-0.2, 0) is 14.3 Å². The second-order valence-corrected chi connectivity index (χ2v) is 10.1. The van der Waals surface area contributed by atoms with Crippen molar-refractivity contribution < 1.29 is 19.6 Å². The molecule has 0 aliphatic carbocycles. The number of carbonyl (C=O) groups excluding carboxylic acids is 3. The van der Waals surface area contributed by atoms with Crippen molar-refractivity contribution in [1.29, 1.82) is 0 Å². The van der Waals surface area contributed by atoms with Crippen LogP contribution in [-0.4, -0.2) is 41.9 Å². The van der Waals surface area contributed by atoms with Crippen LogP contribution >= 0.6 is 23.1 Å². The number of hydroxylamine groups is 1. The first kappa shape index (κ1) is 24.1. The molecule has 2 aromatic rings. The van der Waals surface area contributed by atoms with Crippen LogP contribution in [0.1, 0.15) is 37.5 Å². The van der Waals surface area contributed by atoms with Crippen LogP contribution in [0.15, 0.2) is 36.4 Å². The Balaban J connectivity index is 1.72. The number of carbonyl (C=O) groups is 3. The summed E-state index contributed by atoms with van der Waals surface area (Å²) in [5.74, 6) is 0.297. The van der Waals surface area contributed by atoms with Crippen LogP contribution in [0.3, 0.4) is 0 Å². The number of benzene rings is 1. The van der Waals surface area contributed by atoms with E-state index in [1.165, 1.54) is 0 Å². The van der Waals surface area contributed by atoms with Gasteiger partial charge in [0.2, 0.25) is 11.8 Å². The van der Waals surface area contributed by atoms with Crippen molar-refractivity contribution in [3.8, 4) is 10.4 Å². The van der Waals surface area contributed by atoms with Crippen molar-refractivity contribution in [1.82, 2.24) is 16.1 Å². The average molecular weight is 477 g/mol. The molecule has 1 aromatic carbocycles. The molecule has 1 fully saturated rings. The third kappa shape index (κ3) is 6.24. The molecule has 0 radical (unpaired) electrons. The minimum atomic E-state index is -0.382. The monoisotopic (exact) mass is 476 g/mol. The maximum absolute atomic E-state index is 12.1. The highest BCUT2D eigenvalue weighted by Gasteiger charge is 2.38. The van der Waals surface area contributed by atoms with E-state index in [1.807, 2.05) is 24.3 Å². The molecule has 0 bridgehead atoms. The average Bonchev–Trinajstić information content (AvgIpc) is 3.30. The van der Waals surface area contributed by atoms with Gasteiger partial charge in [0.25, 0.3) is 0 Å². The Labute approximate surface area is 195 Å². The van der Waals surface area contributed by atoms with Crippen molar-refractivity contribution in [3.05, 3.63) is 41.3 Å². The number of amides is 4. The molecule has 10 heteroatoms. The number of thiophene rings is 1. The van der Waals surface area contributed by atoms with Gasteiger partial charge < -0.3 is 16.0 Å². The van der Waals surface area contributed by atoms with Gasteiger partial charge in [0.05, 0.1) is 11.3 Å². The summed E-state index contributed by atoms with van der Waals surface area (Å²) in [6.45, 7) is 2.17. The van der Waals surface area contributed by atoms with Crippen LogP contribution in [0.4, 0.5) is 10.5 Å². The van der Waals surface area contributed by atoms with Crippen molar-refractivity contribution in [3.63, 3.8) is 0 Å². The van der Waals surface area contributed by atoms with Gasteiger partial charge in [0.1, 0.15) is 0 Å². The van der Waals surface area contributed by atoms with E-state index in [9.17, 15) is 14.4 Å². The number of urea groups is 1. The van der Waals surface area contributed by atoms with E-state index < -0.39 is 0 Å². The summed E-state index contributed by atoms with van der Waals surface area (Å²) in [5, 5.41) is 16.9. The van der Waals surface area contributed by atoms with Crippen LogP contribution in [0.5, 0.6) is 0 Å². The lowest BCUT2D eigenvalue weighted by Gasteiger charge is -2.35. The predicted octanol–water partition coefficient (Wildman–Crippen LogP) is 3.68. The number of anilines is 1. The van der Waals surface area contributed by atoms with Crippen molar-refractivity contribution in [2.24, 2.45) is 0 Å². The van der Waals surface area contributed by atoms with Crippen molar-refractivity contribution in [2.45, 2.75) is 37.4 Å². The lowest BCUT2D eigenvalue weighted by atomic mass is 9.94. The van der Waals surface area contributed by atoms with Crippen LogP contribution in [0.2, 0.25) is 0 Å². The van der Waals surface area contributed by atoms with E-state index in [0.29, 0.717) is 12.2 Å². The van der Waals surface area contributed by atoms with Gasteiger partial charge in [-0.1, -0.05) is 18.6 Å². The quantitative estimate of drug-likeness (QED) is 0.294. The zero-order valence-electron chi connectivity index (χ0n) is 17.9.